The molecule has 0 atom stereocenters. The van der Waals surface area contributed by atoms with E-state index in [0.717, 1.165) is 6.42 Å². The number of nitrogens with zero attached hydrogens (tertiary/aromatic N) is 1. The van der Waals surface area contributed by atoms with Crippen molar-refractivity contribution in [2.75, 3.05) is 18.4 Å². The molecule has 0 aliphatic rings. The van der Waals surface area contributed by atoms with Gasteiger partial charge in [0, 0.05) is 6.54 Å². The van der Waals surface area contributed by atoms with Crippen LogP contribution in [0.5, 0.6) is 0 Å². The minimum absolute atomic E-state index is 0.197. The third-order valence-electron chi connectivity index (χ3n) is 1.90. The fraction of sp³-hybridized carbons (Fsp3) is 0.300. The summed E-state index contributed by atoms with van der Waals surface area (Å²) >= 11 is 3.04. The molecule has 0 amide bonds. The summed E-state index contributed by atoms with van der Waals surface area (Å²) in [5.74, 6) is -0.439. The molecule has 0 fully saturated rings. The standard InChI is InChI=1S/C10H11BrFN3/c11-9-7(6-14)2-3-8(10(9)12)15-5-1-4-13/h2-3,15H,1,4-5,13H2. The molecule has 0 saturated heterocycles. The lowest BCUT2D eigenvalue weighted by Gasteiger charge is -2.08. The van der Waals surface area contributed by atoms with E-state index < -0.39 is 5.82 Å². The van der Waals surface area contributed by atoms with Gasteiger partial charge in [0.2, 0.25) is 0 Å². The molecule has 0 bridgehead atoms. The monoisotopic (exact) mass is 271 g/mol. The molecule has 0 aromatic heterocycles. The number of nitriles is 1. The van der Waals surface area contributed by atoms with Gasteiger partial charge in [0.05, 0.1) is 15.7 Å². The third-order valence-corrected chi connectivity index (χ3v) is 2.67. The van der Waals surface area contributed by atoms with Gasteiger partial charge in [-0.15, -0.1) is 0 Å². The van der Waals surface area contributed by atoms with Crippen LogP contribution in [0.15, 0.2) is 16.6 Å². The highest BCUT2D eigenvalue weighted by Crippen LogP contribution is 2.26. The Bertz CT molecular complexity index is 387. The number of halogens is 2. The predicted molar refractivity (Wildman–Crippen MR) is 61.0 cm³/mol. The van der Waals surface area contributed by atoms with E-state index in [4.69, 9.17) is 11.0 Å². The quantitative estimate of drug-likeness (QED) is 0.826. The third kappa shape index (κ3) is 2.91. The molecule has 3 nitrogen and oxygen atoms in total. The van der Waals surface area contributed by atoms with Gasteiger partial charge in [-0.1, -0.05) is 0 Å². The van der Waals surface area contributed by atoms with Crippen LogP contribution in [-0.2, 0) is 0 Å². The van der Waals surface area contributed by atoms with Gasteiger partial charge in [-0.25, -0.2) is 4.39 Å². The van der Waals surface area contributed by atoms with E-state index in [9.17, 15) is 4.39 Å². The molecule has 0 radical (unpaired) electrons. The summed E-state index contributed by atoms with van der Waals surface area (Å²) in [6, 6.07) is 5.01. The van der Waals surface area contributed by atoms with Crippen molar-refractivity contribution in [3.8, 4) is 6.07 Å². The van der Waals surface area contributed by atoms with E-state index in [1.165, 1.54) is 0 Å². The SMILES string of the molecule is N#Cc1ccc(NCCCN)c(F)c1Br. The number of nitrogens with two attached hydrogens (primary N) is 1. The molecule has 0 aliphatic heterocycles. The van der Waals surface area contributed by atoms with Gasteiger partial charge in [0.15, 0.2) is 5.82 Å². The molecule has 15 heavy (non-hydrogen) atoms. The van der Waals surface area contributed by atoms with Gasteiger partial charge in [-0.05, 0) is 41.0 Å². The second kappa shape index (κ2) is 5.69. The molecule has 0 unspecified atom stereocenters. The van der Waals surface area contributed by atoms with Gasteiger partial charge in [-0.2, -0.15) is 5.26 Å². The van der Waals surface area contributed by atoms with Gasteiger partial charge in [0.25, 0.3) is 0 Å². The van der Waals surface area contributed by atoms with Crippen LogP contribution in [0.25, 0.3) is 0 Å². The summed E-state index contributed by atoms with van der Waals surface area (Å²) < 4.78 is 13.8. The van der Waals surface area contributed by atoms with E-state index >= 15 is 0 Å². The van der Waals surface area contributed by atoms with Gasteiger partial charge >= 0.3 is 0 Å². The van der Waals surface area contributed by atoms with E-state index in [0.29, 0.717) is 18.8 Å². The number of benzene rings is 1. The number of anilines is 1. The van der Waals surface area contributed by atoms with E-state index in [1.54, 1.807) is 12.1 Å². The molecule has 3 N–H and O–H groups in total. The number of rotatable bonds is 4. The largest absolute Gasteiger partial charge is 0.383 e. The average Bonchev–Trinajstić information content (AvgIpc) is 2.25. The topological polar surface area (TPSA) is 61.8 Å². The zero-order valence-electron chi connectivity index (χ0n) is 8.06. The summed E-state index contributed by atoms with van der Waals surface area (Å²) in [6.45, 7) is 1.18. The van der Waals surface area contributed by atoms with Crippen molar-refractivity contribution in [2.45, 2.75) is 6.42 Å². The lowest BCUT2D eigenvalue weighted by atomic mass is 10.2. The Morgan fingerprint density at radius 1 is 1.53 bits per heavy atom. The maximum Gasteiger partial charge on any atom is 0.161 e. The molecular weight excluding hydrogens is 261 g/mol. The summed E-state index contributed by atoms with van der Waals surface area (Å²) in [7, 11) is 0. The zero-order chi connectivity index (χ0) is 11.3. The average molecular weight is 272 g/mol. The van der Waals surface area contributed by atoms with E-state index in [1.807, 2.05) is 6.07 Å². The van der Waals surface area contributed by atoms with Crippen LogP contribution in [0.4, 0.5) is 10.1 Å². The minimum Gasteiger partial charge on any atom is -0.383 e. The molecule has 0 heterocycles. The fourth-order valence-corrected chi connectivity index (χ4v) is 1.53. The van der Waals surface area contributed by atoms with Crippen LogP contribution >= 0.6 is 15.9 Å². The van der Waals surface area contributed by atoms with Crippen LogP contribution in [-0.4, -0.2) is 13.1 Å². The number of hydrogen-bond donors (Lipinski definition) is 2. The normalized spacial score (nSPS) is 9.73. The lowest BCUT2D eigenvalue weighted by Crippen LogP contribution is -2.09. The molecule has 0 spiro atoms. The highest BCUT2D eigenvalue weighted by atomic mass is 79.9. The molecule has 1 aromatic rings. The second-order valence-electron chi connectivity index (χ2n) is 2.97. The molecule has 1 rings (SSSR count). The molecule has 5 heteroatoms. The van der Waals surface area contributed by atoms with E-state index in [2.05, 4.69) is 21.2 Å². The van der Waals surface area contributed by atoms with Crippen molar-refractivity contribution in [1.29, 1.82) is 5.26 Å². The first-order valence-corrected chi connectivity index (χ1v) is 5.32. The van der Waals surface area contributed by atoms with Gasteiger partial charge in [-0.3, -0.25) is 0 Å². The first-order valence-electron chi connectivity index (χ1n) is 4.52. The molecule has 1 aromatic carbocycles. The minimum atomic E-state index is -0.439. The van der Waals surface area contributed by atoms with Crippen LogP contribution in [0.3, 0.4) is 0 Å². The molecular formula is C10H11BrFN3. The predicted octanol–water partition coefficient (Wildman–Crippen LogP) is 2.22. The maximum absolute atomic E-state index is 13.6. The van der Waals surface area contributed by atoms with Crippen LogP contribution < -0.4 is 11.1 Å². The smallest absolute Gasteiger partial charge is 0.161 e. The Morgan fingerprint density at radius 2 is 2.27 bits per heavy atom. The Morgan fingerprint density at radius 3 is 2.87 bits per heavy atom. The highest BCUT2D eigenvalue weighted by molar-refractivity contribution is 9.10. The molecule has 0 saturated carbocycles. The van der Waals surface area contributed by atoms with E-state index in [-0.39, 0.29) is 10.0 Å². The number of nitrogens with one attached hydrogen (secondary N) is 1. The molecule has 80 valence electrons. The van der Waals surface area contributed by atoms with Crippen molar-refractivity contribution >= 4 is 21.6 Å². The number of hydrogen-bond acceptors (Lipinski definition) is 3. The lowest BCUT2D eigenvalue weighted by molar-refractivity contribution is 0.622. The molecule has 0 aliphatic carbocycles. The summed E-state index contributed by atoms with van der Waals surface area (Å²) in [5.41, 5.74) is 5.99. The van der Waals surface area contributed by atoms with Crippen molar-refractivity contribution < 1.29 is 4.39 Å². The second-order valence-corrected chi connectivity index (χ2v) is 3.76. The first kappa shape index (κ1) is 12.0. The van der Waals surface area contributed by atoms with Crippen molar-refractivity contribution in [2.24, 2.45) is 5.73 Å². The van der Waals surface area contributed by atoms with Crippen LogP contribution in [0, 0.1) is 17.1 Å². The van der Waals surface area contributed by atoms with Gasteiger partial charge in [0.1, 0.15) is 6.07 Å². The van der Waals surface area contributed by atoms with Gasteiger partial charge < -0.3 is 11.1 Å². The van der Waals surface area contributed by atoms with Crippen molar-refractivity contribution in [3.05, 3.63) is 28.0 Å². The fourth-order valence-electron chi connectivity index (χ4n) is 1.10. The first-order chi connectivity index (χ1) is 7.20. The van der Waals surface area contributed by atoms with Crippen LogP contribution in [0.2, 0.25) is 0 Å². The highest BCUT2D eigenvalue weighted by Gasteiger charge is 2.10. The Labute approximate surface area is 96.2 Å². The summed E-state index contributed by atoms with van der Waals surface area (Å²) in [5, 5.41) is 11.6. The zero-order valence-corrected chi connectivity index (χ0v) is 9.64. The van der Waals surface area contributed by atoms with Crippen LogP contribution in [0.1, 0.15) is 12.0 Å². The summed E-state index contributed by atoms with van der Waals surface area (Å²) in [6.07, 6.45) is 0.775. The Hall–Kier alpha value is -1.12. The van der Waals surface area contributed by atoms with Crippen molar-refractivity contribution in [1.82, 2.24) is 0 Å². The Kier molecular flexibility index (Phi) is 4.53. The summed E-state index contributed by atoms with van der Waals surface area (Å²) in [4.78, 5) is 0. The Balaban J connectivity index is 2.83. The van der Waals surface area contributed by atoms with Crippen molar-refractivity contribution in [3.63, 3.8) is 0 Å². The maximum atomic E-state index is 13.6.